The zero-order chi connectivity index (χ0) is 18.9. The number of nitrogens with one attached hydrogen (secondary N) is 2. The molecule has 0 saturated heterocycles. The van der Waals surface area contributed by atoms with Crippen LogP contribution in [0.15, 0.2) is 70.6 Å². The van der Waals surface area contributed by atoms with Crippen LogP contribution in [0, 0.1) is 0 Å². The maximum atomic E-state index is 13.3. The van der Waals surface area contributed by atoms with Crippen molar-refractivity contribution in [1.29, 1.82) is 0 Å². The van der Waals surface area contributed by atoms with Gasteiger partial charge in [0.15, 0.2) is 5.03 Å². The number of aromatic amines is 1. The third kappa shape index (κ3) is 3.56. The first-order valence-corrected chi connectivity index (χ1v) is 10.1. The molecule has 6 nitrogen and oxygen atoms in total. The zero-order valence-electron chi connectivity index (χ0n) is 15.2. The van der Waals surface area contributed by atoms with Gasteiger partial charge in [0.05, 0.1) is 10.4 Å². The van der Waals surface area contributed by atoms with Crippen LogP contribution in [0.25, 0.3) is 21.7 Å². The van der Waals surface area contributed by atoms with Gasteiger partial charge < -0.3 is 10.1 Å². The lowest BCUT2D eigenvalue weighted by atomic mass is 10.1. The molecule has 4 rings (SSSR count). The molecule has 28 heavy (non-hydrogen) atoms. The standard InChI is InChI=1S/C20H19N3O3S.ClH/c1-21-11-12-26-15-9-10-17-18(13-15)22-23-20(17)27(24,25)19-8-4-6-14-5-2-3-7-16(14)19;/h2-10,13,21H,11-12H2,1H3,(H,22,23);1H. The number of fused-ring (bicyclic) bond motifs is 2. The normalized spacial score (nSPS) is 11.5. The second-order valence-electron chi connectivity index (χ2n) is 6.17. The second kappa shape index (κ2) is 8.18. The molecule has 0 aliphatic rings. The predicted octanol–water partition coefficient (Wildman–Crippen LogP) is 3.57. The average Bonchev–Trinajstić information content (AvgIpc) is 3.12. The number of hydrogen-bond acceptors (Lipinski definition) is 5. The van der Waals surface area contributed by atoms with Gasteiger partial charge in [-0.25, -0.2) is 8.42 Å². The van der Waals surface area contributed by atoms with E-state index in [1.165, 1.54) is 0 Å². The first kappa shape index (κ1) is 20.1. The molecule has 0 unspecified atom stereocenters. The Balaban J connectivity index is 0.00000225. The highest BCUT2D eigenvalue weighted by Crippen LogP contribution is 2.32. The van der Waals surface area contributed by atoms with Gasteiger partial charge in [-0.15, -0.1) is 12.4 Å². The van der Waals surface area contributed by atoms with Crippen molar-refractivity contribution in [3.63, 3.8) is 0 Å². The summed E-state index contributed by atoms with van der Waals surface area (Å²) in [5, 5.41) is 12.1. The average molecular weight is 418 g/mol. The minimum atomic E-state index is -3.78. The van der Waals surface area contributed by atoms with Crippen molar-refractivity contribution < 1.29 is 13.2 Å². The molecular weight excluding hydrogens is 398 g/mol. The van der Waals surface area contributed by atoms with E-state index in [4.69, 9.17) is 4.74 Å². The molecule has 0 amide bonds. The smallest absolute Gasteiger partial charge is 0.226 e. The summed E-state index contributed by atoms with van der Waals surface area (Å²) in [5.41, 5.74) is 0.621. The van der Waals surface area contributed by atoms with E-state index in [1.807, 2.05) is 37.4 Å². The van der Waals surface area contributed by atoms with Gasteiger partial charge in [-0.3, -0.25) is 5.10 Å². The molecule has 4 aromatic rings. The first-order chi connectivity index (χ1) is 13.1. The van der Waals surface area contributed by atoms with E-state index in [0.29, 0.717) is 28.6 Å². The van der Waals surface area contributed by atoms with Crippen molar-refractivity contribution in [2.75, 3.05) is 20.2 Å². The van der Waals surface area contributed by atoms with E-state index in [0.717, 1.165) is 11.9 Å². The molecule has 0 radical (unpaired) electrons. The van der Waals surface area contributed by atoms with Crippen molar-refractivity contribution in [2.24, 2.45) is 0 Å². The molecule has 0 aliphatic heterocycles. The van der Waals surface area contributed by atoms with Crippen molar-refractivity contribution in [1.82, 2.24) is 15.5 Å². The molecule has 1 heterocycles. The Hall–Kier alpha value is -2.61. The summed E-state index contributed by atoms with van der Waals surface area (Å²) in [4.78, 5) is 0.253. The van der Waals surface area contributed by atoms with Gasteiger partial charge >= 0.3 is 0 Å². The molecule has 0 aliphatic carbocycles. The third-order valence-corrected chi connectivity index (χ3v) is 6.17. The van der Waals surface area contributed by atoms with Gasteiger partial charge in [0.25, 0.3) is 0 Å². The van der Waals surface area contributed by atoms with Gasteiger partial charge in [0.2, 0.25) is 9.84 Å². The van der Waals surface area contributed by atoms with Crippen LogP contribution in [0.2, 0.25) is 0 Å². The van der Waals surface area contributed by atoms with E-state index in [2.05, 4.69) is 15.5 Å². The highest BCUT2D eigenvalue weighted by molar-refractivity contribution is 7.91. The largest absolute Gasteiger partial charge is 0.492 e. The summed E-state index contributed by atoms with van der Waals surface area (Å²) >= 11 is 0. The van der Waals surface area contributed by atoms with Crippen LogP contribution in [0.3, 0.4) is 0 Å². The first-order valence-electron chi connectivity index (χ1n) is 8.59. The fraction of sp³-hybridized carbons (Fsp3) is 0.150. The number of aromatic nitrogens is 2. The maximum absolute atomic E-state index is 13.3. The van der Waals surface area contributed by atoms with E-state index < -0.39 is 9.84 Å². The number of likely N-dealkylation sites (N-methyl/N-ethyl adjacent to an activating group) is 1. The van der Waals surface area contributed by atoms with Crippen molar-refractivity contribution in [2.45, 2.75) is 9.92 Å². The number of ether oxygens (including phenoxy) is 1. The van der Waals surface area contributed by atoms with Crippen molar-refractivity contribution >= 4 is 43.9 Å². The van der Waals surface area contributed by atoms with Crippen LogP contribution in [0.1, 0.15) is 0 Å². The van der Waals surface area contributed by atoms with E-state index in [-0.39, 0.29) is 22.3 Å². The van der Waals surface area contributed by atoms with Crippen LogP contribution in [-0.2, 0) is 9.84 Å². The van der Waals surface area contributed by atoms with Crippen LogP contribution in [0.5, 0.6) is 5.75 Å². The van der Waals surface area contributed by atoms with E-state index >= 15 is 0 Å². The lowest BCUT2D eigenvalue weighted by molar-refractivity contribution is 0.319. The Morgan fingerprint density at radius 1 is 1.04 bits per heavy atom. The molecule has 146 valence electrons. The van der Waals surface area contributed by atoms with Gasteiger partial charge in [-0.05, 0) is 30.6 Å². The second-order valence-corrected chi connectivity index (χ2v) is 8.00. The van der Waals surface area contributed by atoms with Crippen molar-refractivity contribution in [3.05, 3.63) is 60.7 Å². The molecule has 0 bridgehead atoms. The number of benzene rings is 3. The fourth-order valence-corrected chi connectivity index (χ4v) is 4.65. The van der Waals surface area contributed by atoms with Crippen molar-refractivity contribution in [3.8, 4) is 5.75 Å². The quantitative estimate of drug-likeness (QED) is 0.468. The van der Waals surface area contributed by atoms with Gasteiger partial charge in [0, 0.05) is 23.4 Å². The van der Waals surface area contributed by atoms with Gasteiger partial charge in [-0.2, -0.15) is 5.10 Å². The summed E-state index contributed by atoms with van der Waals surface area (Å²) in [7, 11) is -1.92. The Morgan fingerprint density at radius 2 is 1.82 bits per heavy atom. The number of halogens is 1. The van der Waals surface area contributed by atoms with Crippen LogP contribution < -0.4 is 10.1 Å². The Kier molecular flexibility index (Phi) is 5.88. The Bertz CT molecular complexity index is 1220. The minimum Gasteiger partial charge on any atom is -0.492 e. The number of sulfone groups is 1. The highest BCUT2D eigenvalue weighted by Gasteiger charge is 2.25. The summed E-state index contributed by atoms with van der Waals surface area (Å²) in [6.07, 6.45) is 0. The van der Waals surface area contributed by atoms with E-state index in [1.54, 1.807) is 30.3 Å². The third-order valence-electron chi connectivity index (χ3n) is 4.41. The fourth-order valence-electron chi connectivity index (χ4n) is 3.07. The summed E-state index contributed by atoms with van der Waals surface area (Å²) in [6, 6.07) is 17.9. The molecule has 2 N–H and O–H groups in total. The molecule has 1 aromatic heterocycles. The molecule has 0 saturated carbocycles. The Labute approximate surface area is 169 Å². The number of rotatable bonds is 6. The molecular formula is C20H20ClN3O3S. The summed E-state index contributed by atoms with van der Waals surface area (Å²) in [6.45, 7) is 1.25. The molecule has 0 atom stereocenters. The molecule has 0 fully saturated rings. The zero-order valence-corrected chi connectivity index (χ0v) is 16.8. The maximum Gasteiger partial charge on any atom is 0.226 e. The van der Waals surface area contributed by atoms with Gasteiger partial charge in [-0.1, -0.05) is 36.4 Å². The lowest BCUT2D eigenvalue weighted by Gasteiger charge is -2.07. The number of hydrogen-bond donors (Lipinski definition) is 2. The van der Waals surface area contributed by atoms with Crippen LogP contribution >= 0.6 is 12.4 Å². The van der Waals surface area contributed by atoms with Crippen LogP contribution in [-0.4, -0.2) is 38.8 Å². The highest BCUT2D eigenvalue weighted by atomic mass is 35.5. The number of H-pyrrole nitrogens is 1. The van der Waals surface area contributed by atoms with Gasteiger partial charge in [0.1, 0.15) is 12.4 Å². The topological polar surface area (TPSA) is 84.1 Å². The molecule has 3 aromatic carbocycles. The molecule has 8 heteroatoms. The monoisotopic (exact) mass is 417 g/mol. The summed E-state index contributed by atoms with van der Waals surface area (Å²) in [5.74, 6) is 0.663. The predicted molar refractivity (Wildman–Crippen MR) is 112 cm³/mol. The Morgan fingerprint density at radius 3 is 2.64 bits per heavy atom. The lowest BCUT2D eigenvalue weighted by Crippen LogP contribution is -2.15. The van der Waals surface area contributed by atoms with E-state index in [9.17, 15) is 8.42 Å². The number of nitrogens with zero attached hydrogens (tertiary/aromatic N) is 1. The summed E-state index contributed by atoms with van der Waals surface area (Å²) < 4.78 is 32.2. The minimum absolute atomic E-state index is 0. The SMILES string of the molecule is CNCCOc1ccc2c(S(=O)(=O)c3cccc4ccccc34)n[nH]c2c1.Cl. The molecule has 0 spiro atoms. The van der Waals surface area contributed by atoms with Crippen LogP contribution in [0.4, 0.5) is 0 Å².